The zero-order chi connectivity index (χ0) is 9.14. The smallest absolute Gasteiger partial charge is 0.0229 e. The van der Waals surface area contributed by atoms with E-state index in [0.29, 0.717) is 0 Å². The van der Waals surface area contributed by atoms with Crippen LogP contribution >= 0.6 is 47.8 Å². The maximum absolute atomic E-state index is 3.54. The van der Waals surface area contributed by atoms with Gasteiger partial charge in [0.25, 0.3) is 0 Å². The average Bonchev–Trinajstić information content (AvgIpc) is 1.96. The summed E-state index contributed by atoms with van der Waals surface area (Å²) in [4.78, 5) is 0. The van der Waals surface area contributed by atoms with Gasteiger partial charge in [0, 0.05) is 13.4 Å². The Balaban J connectivity index is 3.10. The Bertz CT molecular complexity index is 258. The summed E-state index contributed by atoms with van der Waals surface area (Å²) >= 11 is 10.5. The molecule has 0 aliphatic rings. The molecule has 0 radical (unpaired) electrons. The molecular formula is C9H9Br3. The summed E-state index contributed by atoms with van der Waals surface area (Å²) in [6.45, 7) is 2.18. The summed E-state index contributed by atoms with van der Waals surface area (Å²) in [7, 11) is 0. The van der Waals surface area contributed by atoms with Crippen molar-refractivity contribution in [3.63, 3.8) is 0 Å². The molecule has 0 N–H and O–H groups in total. The minimum atomic E-state index is 1.10. The van der Waals surface area contributed by atoms with Crippen LogP contribution in [0.5, 0.6) is 0 Å². The number of rotatable bonds is 2. The fraction of sp³-hybridized carbons (Fsp3) is 0.333. The monoisotopic (exact) mass is 354 g/mol. The first kappa shape index (κ1) is 10.7. The van der Waals surface area contributed by atoms with Gasteiger partial charge in [0.1, 0.15) is 0 Å². The lowest BCUT2D eigenvalue weighted by atomic mass is 10.1. The molecule has 1 aromatic rings. The fourth-order valence-corrected chi connectivity index (χ4v) is 3.72. The molecule has 0 unspecified atom stereocenters. The van der Waals surface area contributed by atoms with Gasteiger partial charge in [-0.2, -0.15) is 0 Å². The van der Waals surface area contributed by atoms with E-state index in [0.717, 1.165) is 10.9 Å². The van der Waals surface area contributed by atoms with Crippen LogP contribution in [-0.2, 0) is 6.42 Å². The van der Waals surface area contributed by atoms with Crippen LogP contribution in [-0.4, -0.2) is 0 Å². The largest absolute Gasteiger partial charge is 0.0651 e. The van der Waals surface area contributed by atoms with Gasteiger partial charge in [0.05, 0.1) is 0 Å². The van der Waals surface area contributed by atoms with Gasteiger partial charge in [0.15, 0.2) is 0 Å². The van der Waals surface area contributed by atoms with Crippen molar-refractivity contribution in [2.75, 3.05) is 0 Å². The zero-order valence-electron chi connectivity index (χ0n) is 6.70. The van der Waals surface area contributed by atoms with Crippen LogP contribution in [0.15, 0.2) is 25.6 Å². The van der Waals surface area contributed by atoms with E-state index in [-0.39, 0.29) is 0 Å². The molecule has 1 aromatic carbocycles. The summed E-state index contributed by atoms with van der Waals surface area (Å²) in [5.74, 6) is 0. The molecule has 66 valence electrons. The Morgan fingerprint density at radius 1 is 1.08 bits per heavy atom. The van der Waals surface area contributed by atoms with Crippen molar-refractivity contribution < 1.29 is 0 Å². The van der Waals surface area contributed by atoms with Gasteiger partial charge in [0.2, 0.25) is 0 Å². The van der Waals surface area contributed by atoms with E-state index in [9.17, 15) is 0 Å². The predicted molar refractivity (Wildman–Crippen MR) is 63.5 cm³/mol. The van der Waals surface area contributed by atoms with Gasteiger partial charge in [-0.15, -0.1) is 0 Å². The standard InChI is InChI=1S/C9H9Br3/c1-2-3-7-8(11)4-6(10)5-9(7)12/h4-5H,2-3H2,1H3. The molecule has 0 atom stereocenters. The van der Waals surface area contributed by atoms with Gasteiger partial charge in [-0.05, 0) is 24.1 Å². The predicted octanol–water partition coefficient (Wildman–Crippen LogP) is 4.93. The molecule has 0 aromatic heterocycles. The lowest BCUT2D eigenvalue weighted by Crippen LogP contribution is -1.87. The molecule has 12 heavy (non-hydrogen) atoms. The Hall–Kier alpha value is 0.660. The Morgan fingerprint density at radius 2 is 1.58 bits per heavy atom. The van der Waals surface area contributed by atoms with Crippen LogP contribution in [0.4, 0.5) is 0 Å². The normalized spacial score (nSPS) is 10.3. The van der Waals surface area contributed by atoms with Crippen molar-refractivity contribution in [1.29, 1.82) is 0 Å². The summed E-state index contributed by atoms with van der Waals surface area (Å²) in [5, 5.41) is 0. The van der Waals surface area contributed by atoms with E-state index >= 15 is 0 Å². The topological polar surface area (TPSA) is 0 Å². The molecule has 0 saturated heterocycles. The molecule has 0 fully saturated rings. The molecule has 0 aliphatic carbocycles. The second-order valence-electron chi connectivity index (χ2n) is 2.60. The Labute approximate surface area is 98.1 Å². The van der Waals surface area contributed by atoms with Crippen LogP contribution in [0.25, 0.3) is 0 Å². The van der Waals surface area contributed by atoms with Crippen molar-refractivity contribution >= 4 is 47.8 Å². The Morgan fingerprint density at radius 3 is 2.00 bits per heavy atom. The average molecular weight is 357 g/mol. The van der Waals surface area contributed by atoms with Gasteiger partial charge < -0.3 is 0 Å². The van der Waals surface area contributed by atoms with E-state index < -0.39 is 0 Å². The first-order valence-electron chi connectivity index (χ1n) is 3.78. The van der Waals surface area contributed by atoms with Gasteiger partial charge in [-0.25, -0.2) is 0 Å². The highest BCUT2D eigenvalue weighted by Crippen LogP contribution is 2.30. The molecule has 0 amide bonds. The second kappa shape index (κ2) is 4.77. The van der Waals surface area contributed by atoms with E-state index in [1.54, 1.807) is 0 Å². The van der Waals surface area contributed by atoms with E-state index in [1.165, 1.54) is 20.9 Å². The number of hydrogen-bond acceptors (Lipinski definition) is 0. The van der Waals surface area contributed by atoms with Crippen molar-refractivity contribution in [3.05, 3.63) is 31.1 Å². The number of halogens is 3. The van der Waals surface area contributed by atoms with Crippen LogP contribution in [0.1, 0.15) is 18.9 Å². The van der Waals surface area contributed by atoms with Crippen molar-refractivity contribution in [2.24, 2.45) is 0 Å². The molecule has 1 rings (SSSR count). The van der Waals surface area contributed by atoms with Crippen LogP contribution < -0.4 is 0 Å². The summed E-state index contributed by atoms with van der Waals surface area (Å²) in [6.07, 6.45) is 2.27. The molecule has 0 nitrogen and oxygen atoms in total. The number of benzene rings is 1. The van der Waals surface area contributed by atoms with Gasteiger partial charge >= 0.3 is 0 Å². The third-order valence-corrected chi connectivity index (χ3v) is 3.48. The van der Waals surface area contributed by atoms with Crippen LogP contribution in [0.2, 0.25) is 0 Å². The third-order valence-electron chi connectivity index (χ3n) is 1.61. The van der Waals surface area contributed by atoms with Crippen molar-refractivity contribution in [3.8, 4) is 0 Å². The molecule has 0 heterocycles. The molecule has 0 bridgehead atoms. The Kier molecular flexibility index (Phi) is 4.27. The minimum Gasteiger partial charge on any atom is -0.0651 e. The molecule has 0 saturated carbocycles. The van der Waals surface area contributed by atoms with Gasteiger partial charge in [-0.3, -0.25) is 0 Å². The van der Waals surface area contributed by atoms with E-state index in [4.69, 9.17) is 0 Å². The minimum absolute atomic E-state index is 1.10. The highest BCUT2D eigenvalue weighted by atomic mass is 79.9. The van der Waals surface area contributed by atoms with E-state index in [2.05, 4.69) is 66.8 Å². The maximum atomic E-state index is 3.54. The van der Waals surface area contributed by atoms with Crippen LogP contribution in [0, 0.1) is 0 Å². The van der Waals surface area contributed by atoms with Crippen LogP contribution in [0.3, 0.4) is 0 Å². The van der Waals surface area contributed by atoms with Gasteiger partial charge in [-0.1, -0.05) is 61.1 Å². The highest BCUT2D eigenvalue weighted by Gasteiger charge is 2.04. The second-order valence-corrected chi connectivity index (χ2v) is 5.22. The zero-order valence-corrected chi connectivity index (χ0v) is 11.5. The lowest BCUT2D eigenvalue weighted by molar-refractivity contribution is 0.911. The highest BCUT2D eigenvalue weighted by molar-refractivity contribution is 9.11. The van der Waals surface area contributed by atoms with Crippen molar-refractivity contribution in [2.45, 2.75) is 19.8 Å². The first-order chi connectivity index (χ1) is 5.65. The quantitative estimate of drug-likeness (QED) is 0.705. The molecule has 0 spiro atoms. The molecule has 3 heteroatoms. The summed E-state index contributed by atoms with van der Waals surface area (Å²) < 4.78 is 3.44. The fourth-order valence-electron chi connectivity index (χ4n) is 1.06. The number of hydrogen-bond donors (Lipinski definition) is 0. The first-order valence-corrected chi connectivity index (χ1v) is 6.16. The summed E-state index contributed by atoms with van der Waals surface area (Å²) in [5.41, 5.74) is 1.35. The molecule has 0 aliphatic heterocycles. The lowest BCUT2D eigenvalue weighted by Gasteiger charge is -2.06. The van der Waals surface area contributed by atoms with Crippen molar-refractivity contribution in [1.82, 2.24) is 0 Å². The maximum Gasteiger partial charge on any atom is 0.0229 e. The van der Waals surface area contributed by atoms with E-state index in [1.807, 2.05) is 0 Å². The SMILES string of the molecule is CCCc1c(Br)cc(Br)cc1Br. The third kappa shape index (κ3) is 2.57. The molecular weight excluding hydrogens is 348 g/mol. The summed E-state index contributed by atoms with van der Waals surface area (Å²) in [6, 6.07) is 4.16.